The number of amides is 1. The summed E-state index contributed by atoms with van der Waals surface area (Å²) in [5.74, 6) is 1.01. The third-order valence-electron chi connectivity index (χ3n) is 4.16. The number of hydrogen-bond donors (Lipinski definition) is 1. The van der Waals surface area contributed by atoms with Gasteiger partial charge in [0, 0.05) is 24.8 Å². The van der Waals surface area contributed by atoms with Gasteiger partial charge in [-0.25, -0.2) is 9.97 Å². The van der Waals surface area contributed by atoms with Gasteiger partial charge in [0.2, 0.25) is 5.95 Å². The first-order chi connectivity index (χ1) is 12.4. The smallest absolute Gasteiger partial charge is 0.270 e. The number of aromatic nitrogens is 2. The summed E-state index contributed by atoms with van der Waals surface area (Å²) < 4.78 is 0. The zero-order valence-corrected chi connectivity index (χ0v) is 16.5. The Morgan fingerprint density at radius 1 is 1.12 bits per heavy atom. The molecule has 1 amide bonds. The molecule has 1 N–H and O–H groups in total. The van der Waals surface area contributed by atoms with E-state index in [1.807, 2.05) is 25.1 Å². The van der Waals surface area contributed by atoms with Crippen LogP contribution < -0.4 is 10.2 Å². The second-order valence-electron chi connectivity index (χ2n) is 7.34. The van der Waals surface area contributed by atoms with E-state index in [0.29, 0.717) is 30.6 Å². The highest BCUT2D eigenvalue weighted by atomic mass is 16.1. The Morgan fingerprint density at radius 2 is 1.81 bits per heavy atom. The molecule has 0 unspecified atom stereocenters. The normalized spacial score (nSPS) is 11.0. The van der Waals surface area contributed by atoms with Crippen LogP contribution in [0.25, 0.3) is 0 Å². The highest BCUT2D eigenvalue weighted by Crippen LogP contribution is 2.17. The van der Waals surface area contributed by atoms with Gasteiger partial charge >= 0.3 is 0 Å². The molecule has 0 aliphatic carbocycles. The van der Waals surface area contributed by atoms with Gasteiger partial charge in [-0.05, 0) is 44.7 Å². The fourth-order valence-electron chi connectivity index (χ4n) is 2.63. The molecule has 0 saturated heterocycles. The van der Waals surface area contributed by atoms with Crippen LogP contribution in [0.15, 0.2) is 36.4 Å². The van der Waals surface area contributed by atoms with Crippen LogP contribution in [-0.4, -0.2) is 28.5 Å². The van der Waals surface area contributed by atoms with Gasteiger partial charge < -0.3 is 10.2 Å². The van der Waals surface area contributed by atoms with E-state index in [1.165, 1.54) is 5.56 Å². The summed E-state index contributed by atoms with van der Waals surface area (Å²) in [6.45, 7) is 11.8. The van der Waals surface area contributed by atoms with E-state index in [1.54, 1.807) is 6.07 Å². The maximum absolute atomic E-state index is 12.5. The monoisotopic (exact) mass is 354 g/mol. The fraction of sp³-hybridized carbons (Fsp3) is 0.476. The van der Waals surface area contributed by atoms with Gasteiger partial charge in [-0.3, -0.25) is 4.79 Å². The average Bonchev–Trinajstić information content (AvgIpc) is 2.59. The number of hydrogen-bond acceptors (Lipinski definition) is 4. The maximum atomic E-state index is 12.5. The fourth-order valence-corrected chi connectivity index (χ4v) is 2.63. The van der Waals surface area contributed by atoms with Crippen molar-refractivity contribution >= 4 is 11.9 Å². The molecule has 5 nitrogen and oxygen atoms in total. The highest BCUT2D eigenvalue weighted by Gasteiger charge is 2.18. The van der Waals surface area contributed by atoms with Crippen molar-refractivity contribution in [3.63, 3.8) is 0 Å². The van der Waals surface area contributed by atoms with Crippen LogP contribution in [0.3, 0.4) is 0 Å². The third kappa shape index (κ3) is 5.83. The lowest BCUT2D eigenvalue weighted by Gasteiger charge is -2.27. The van der Waals surface area contributed by atoms with E-state index < -0.39 is 0 Å². The topological polar surface area (TPSA) is 58.1 Å². The first kappa shape index (κ1) is 19.9. The van der Waals surface area contributed by atoms with Crippen molar-refractivity contribution in [3.8, 4) is 0 Å². The van der Waals surface area contributed by atoms with Gasteiger partial charge in [-0.2, -0.15) is 0 Å². The summed E-state index contributed by atoms with van der Waals surface area (Å²) >= 11 is 0. The van der Waals surface area contributed by atoms with E-state index in [-0.39, 0.29) is 11.9 Å². The Morgan fingerprint density at radius 3 is 2.42 bits per heavy atom. The minimum absolute atomic E-state index is 0.138. The Hall–Kier alpha value is -2.43. The quantitative estimate of drug-likeness (QED) is 0.779. The lowest BCUT2D eigenvalue weighted by Crippen LogP contribution is -2.33. The Labute approximate surface area is 156 Å². The number of benzene rings is 1. The van der Waals surface area contributed by atoms with E-state index >= 15 is 0 Å². The minimum Gasteiger partial charge on any atom is -0.351 e. The predicted molar refractivity (Wildman–Crippen MR) is 106 cm³/mol. The van der Waals surface area contributed by atoms with Crippen molar-refractivity contribution < 1.29 is 4.79 Å². The molecule has 0 radical (unpaired) electrons. The number of carbonyl (C=O) groups is 1. The van der Waals surface area contributed by atoms with Gasteiger partial charge in [-0.1, -0.05) is 44.2 Å². The summed E-state index contributed by atoms with van der Waals surface area (Å²) in [6, 6.07) is 12.2. The molecule has 1 aromatic carbocycles. The summed E-state index contributed by atoms with van der Waals surface area (Å²) in [4.78, 5) is 23.7. The molecular formula is C21H30N4O. The van der Waals surface area contributed by atoms with E-state index in [4.69, 9.17) is 0 Å². The van der Waals surface area contributed by atoms with Gasteiger partial charge in [0.15, 0.2) is 0 Å². The van der Waals surface area contributed by atoms with E-state index in [0.717, 1.165) is 12.1 Å². The highest BCUT2D eigenvalue weighted by molar-refractivity contribution is 5.92. The number of aryl methyl sites for hydroxylation is 1. The lowest BCUT2D eigenvalue weighted by atomic mass is 10.1. The molecule has 0 spiro atoms. The molecule has 1 aromatic heterocycles. The van der Waals surface area contributed by atoms with Gasteiger partial charge in [0.05, 0.1) is 0 Å². The first-order valence-electron chi connectivity index (χ1n) is 9.31. The molecular weight excluding hydrogens is 324 g/mol. The number of nitrogens with one attached hydrogen (secondary N) is 1. The molecule has 0 fully saturated rings. The predicted octanol–water partition coefficient (Wildman–Crippen LogP) is 3.98. The van der Waals surface area contributed by atoms with E-state index in [9.17, 15) is 4.79 Å². The van der Waals surface area contributed by atoms with Gasteiger partial charge in [0.25, 0.3) is 5.91 Å². The van der Waals surface area contributed by atoms with Crippen LogP contribution in [0.5, 0.6) is 0 Å². The Balaban J connectivity index is 2.21. The largest absolute Gasteiger partial charge is 0.351 e. The molecule has 2 aromatic rings. The van der Waals surface area contributed by atoms with E-state index in [2.05, 4.69) is 60.0 Å². The van der Waals surface area contributed by atoms with Crippen LogP contribution in [-0.2, 0) is 6.54 Å². The van der Waals surface area contributed by atoms with Crippen molar-refractivity contribution in [1.29, 1.82) is 0 Å². The number of carbonyl (C=O) groups excluding carboxylic acids is 1. The number of anilines is 1. The van der Waals surface area contributed by atoms with Gasteiger partial charge in [-0.15, -0.1) is 0 Å². The van der Waals surface area contributed by atoms with Crippen LogP contribution in [0.1, 0.15) is 55.9 Å². The van der Waals surface area contributed by atoms with Crippen LogP contribution >= 0.6 is 0 Å². The van der Waals surface area contributed by atoms with Crippen molar-refractivity contribution in [3.05, 3.63) is 53.3 Å². The molecule has 1 heterocycles. The maximum Gasteiger partial charge on any atom is 0.270 e. The summed E-state index contributed by atoms with van der Waals surface area (Å²) in [5.41, 5.74) is 2.41. The average molecular weight is 354 g/mol. The van der Waals surface area contributed by atoms with Crippen molar-refractivity contribution in [1.82, 2.24) is 15.3 Å². The Kier molecular flexibility index (Phi) is 7.13. The summed E-state index contributed by atoms with van der Waals surface area (Å²) in [6.07, 6.45) is 0.953. The molecule has 26 heavy (non-hydrogen) atoms. The van der Waals surface area contributed by atoms with Crippen molar-refractivity contribution in [2.24, 2.45) is 5.92 Å². The lowest BCUT2D eigenvalue weighted by molar-refractivity contribution is 0.0946. The standard InChI is InChI=1S/C21H30N4O/c1-15(2)11-12-22-20(26)19-13-17(5)23-21(24-19)25(16(3)4)14-18-9-7-6-8-10-18/h6-10,13,15-16H,11-12,14H2,1-5H3,(H,22,26). The molecule has 0 atom stereocenters. The summed E-state index contributed by atoms with van der Waals surface area (Å²) in [7, 11) is 0. The number of rotatable bonds is 8. The SMILES string of the molecule is Cc1cc(C(=O)NCCC(C)C)nc(N(Cc2ccccc2)C(C)C)n1. The molecule has 5 heteroatoms. The van der Waals surface area contributed by atoms with Crippen LogP contribution in [0, 0.1) is 12.8 Å². The third-order valence-corrected chi connectivity index (χ3v) is 4.16. The minimum atomic E-state index is -0.138. The molecule has 0 bridgehead atoms. The molecule has 2 rings (SSSR count). The molecule has 0 saturated carbocycles. The zero-order chi connectivity index (χ0) is 19.1. The Bertz CT molecular complexity index is 713. The van der Waals surface area contributed by atoms with Crippen molar-refractivity contribution in [2.45, 2.75) is 53.6 Å². The second kappa shape index (κ2) is 9.32. The second-order valence-corrected chi connectivity index (χ2v) is 7.34. The van der Waals surface area contributed by atoms with Crippen LogP contribution in [0.2, 0.25) is 0 Å². The first-order valence-corrected chi connectivity index (χ1v) is 9.31. The molecule has 0 aliphatic heterocycles. The van der Waals surface area contributed by atoms with Crippen LogP contribution in [0.4, 0.5) is 5.95 Å². The zero-order valence-electron chi connectivity index (χ0n) is 16.5. The van der Waals surface area contributed by atoms with Gasteiger partial charge in [0.1, 0.15) is 5.69 Å². The molecule has 0 aliphatic rings. The molecule has 140 valence electrons. The van der Waals surface area contributed by atoms with Crippen molar-refractivity contribution in [2.75, 3.05) is 11.4 Å². The number of nitrogens with zero attached hydrogens (tertiary/aromatic N) is 3. The summed E-state index contributed by atoms with van der Waals surface area (Å²) in [5, 5.41) is 2.95.